The summed E-state index contributed by atoms with van der Waals surface area (Å²) in [5, 5.41) is 7.79. The lowest BCUT2D eigenvalue weighted by atomic mass is 9.82. The molecule has 4 aromatic rings. The van der Waals surface area contributed by atoms with Crippen LogP contribution in [0.1, 0.15) is 84.6 Å². The maximum Gasteiger partial charge on any atom is 0.251 e. The van der Waals surface area contributed by atoms with E-state index in [4.69, 9.17) is 25.3 Å². The van der Waals surface area contributed by atoms with Crippen LogP contribution in [-0.2, 0) is 10.2 Å². The molecule has 3 fully saturated rings. The number of fused-ring (bicyclic) bond motifs is 2. The summed E-state index contributed by atoms with van der Waals surface area (Å²) in [5.41, 5.74) is 7.24. The molecule has 238 valence electrons. The molecule has 3 saturated carbocycles. The van der Waals surface area contributed by atoms with Gasteiger partial charge in [0.2, 0.25) is 11.8 Å². The first-order valence-corrected chi connectivity index (χ1v) is 15.7. The number of hydrogen-bond acceptors (Lipinski definition) is 6. The highest BCUT2D eigenvalue weighted by Crippen LogP contribution is 2.49. The van der Waals surface area contributed by atoms with Crippen LogP contribution in [0.25, 0.3) is 16.8 Å². The number of primary amides is 1. The van der Waals surface area contributed by atoms with Gasteiger partial charge in [0.25, 0.3) is 5.91 Å². The van der Waals surface area contributed by atoms with Crippen molar-refractivity contribution in [3.8, 4) is 22.9 Å². The van der Waals surface area contributed by atoms with Gasteiger partial charge in [-0.25, -0.2) is 22.7 Å². The van der Waals surface area contributed by atoms with Crippen LogP contribution in [0.3, 0.4) is 0 Å². The third kappa shape index (κ3) is 5.03. The van der Waals surface area contributed by atoms with Crippen molar-refractivity contribution in [2.75, 3.05) is 13.2 Å². The van der Waals surface area contributed by atoms with Gasteiger partial charge < -0.3 is 20.5 Å². The van der Waals surface area contributed by atoms with Crippen LogP contribution in [0.4, 0.5) is 13.2 Å². The standard InChI is InChI=1S/C34H32F3N5O4/c1-34(33(38)44)15-45-31-23(34)12-28(40-30(31)21-11-25(36)26(37)13-24(21)35)22(16-2-3-16)14-39-32(43)18-8-19-10-27(17-4-5-17)41-42(19)29(9-18)46-20-6-7-20/h8-13,16-17,20,22H,2-7,14-15H2,1H3,(H2,38,44)(H,39,43)/t22-,34-/m0/s1. The topological polar surface area (TPSA) is 121 Å². The molecule has 2 amide bonds. The van der Waals surface area contributed by atoms with Crippen molar-refractivity contribution in [1.29, 1.82) is 0 Å². The molecule has 1 aliphatic heterocycles. The van der Waals surface area contributed by atoms with Crippen LogP contribution in [-0.4, -0.2) is 45.7 Å². The summed E-state index contributed by atoms with van der Waals surface area (Å²) in [4.78, 5) is 30.9. The van der Waals surface area contributed by atoms with Crippen molar-refractivity contribution < 1.29 is 32.2 Å². The maximum atomic E-state index is 15.1. The minimum absolute atomic E-state index is 0.0506. The van der Waals surface area contributed by atoms with Gasteiger partial charge in [-0.05, 0) is 75.6 Å². The lowest BCUT2D eigenvalue weighted by Gasteiger charge is -2.22. The van der Waals surface area contributed by atoms with Gasteiger partial charge in [-0.2, -0.15) is 5.10 Å². The third-order valence-electron chi connectivity index (χ3n) is 9.57. The van der Waals surface area contributed by atoms with Crippen molar-refractivity contribution in [1.82, 2.24) is 19.9 Å². The number of ether oxygens (including phenoxy) is 2. The van der Waals surface area contributed by atoms with Crippen molar-refractivity contribution in [2.24, 2.45) is 11.7 Å². The molecule has 3 N–H and O–H groups in total. The summed E-state index contributed by atoms with van der Waals surface area (Å²) < 4.78 is 57.0. The second kappa shape index (κ2) is 10.5. The number of carbonyl (C=O) groups is 2. The molecule has 1 aromatic carbocycles. The number of aromatic nitrogens is 3. The summed E-state index contributed by atoms with van der Waals surface area (Å²) in [7, 11) is 0. The van der Waals surface area contributed by atoms with Crippen LogP contribution >= 0.6 is 0 Å². The minimum atomic E-state index is -1.33. The molecule has 0 saturated heterocycles. The Morgan fingerprint density at radius 1 is 1.04 bits per heavy atom. The Morgan fingerprint density at radius 3 is 2.50 bits per heavy atom. The summed E-state index contributed by atoms with van der Waals surface area (Å²) in [6.07, 6.45) is 5.99. The molecule has 3 aliphatic carbocycles. The van der Waals surface area contributed by atoms with E-state index < -0.39 is 28.8 Å². The Morgan fingerprint density at radius 2 is 1.80 bits per heavy atom. The van der Waals surface area contributed by atoms with Gasteiger partial charge in [0.15, 0.2) is 11.6 Å². The van der Waals surface area contributed by atoms with E-state index in [-0.39, 0.29) is 54.0 Å². The highest BCUT2D eigenvalue weighted by molar-refractivity contribution is 5.96. The van der Waals surface area contributed by atoms with E-state index in [1.165, 1.54) is 0 Å². The minimum Gasteiger partial charge on any atom is -0.489 e. The molecule has 0 bridgehead atoms. The van der Waals surface area contributed by atoms with Crippen LogP contribution in [0.2, 0.25) is 0 Å². The van der Waals surface area contributed by atoms with Crippen molar-refractivity contribution in [3.63, 3.8) is 0 Å². The third-order valence-corrected chi connectivity index (χ3v) is 9.57. The zero-order valence-corrected chi connectivity index (χ0v) is 25.1. The Kier molecular flexibility index (Phi) is 6.56. The zero-order valence-electron chi connectivity index (χ0n) is 25.1. The maximum absolute atomic E-state index is 15.1. The second-order valence-electron chi connectivity index (χ2n) is 13.2. The normalized spacial score (nSPS) is 21.1. The average Bonchev–Trinajstić information content (AvgIpc) is 3.92. The highest BCUT2D eigenvalue weighted by Gasteiger charge is 2.45. The van der Waals surface area contributed by atoms with Gasteiger partial charge in [-0.1, -0.05) is 0 Å². The fourth-order valence-electron chi connectivity index (χ4n) is 6.24. The quantitative estimate of drug-likeness (QED) is 0.230. The van der Waals surface area contributed by atoms with E-state index in [0.717, 1.165) is 55.8 Å². The van der Waals surface area contributed by atoms with Crippen LogP contribution in [0.5, 0.6) is 11.6 Å². The number of carbonyl (C=O) groups excluding carboxylic acids is 2. The first-order chi connectivity index (χ1) is 22.1. The number of amides is 2. The number of halogens is 3. The van der Waals surface area contributed by atoms with Crippen LogP contribution in [0.15, 0.2) is 36.4 Å². The van der Waals surface area contributed by atoms with E-state index in [2.05, 4.69) is 5.32 Å². The van der Waals surface area contributed by atoms with Gasteiger partial charge in [0.05, 0.1) is 11.2 Å². The first kappa shape index (κ1) is 28.8. The number of rotatable bonds is 10. The van der Waals surface area contributed by atoms with Gasteiger partial charge in [-0.3, -0.25) is 9.59 Å². The van der Waals surface area contributed by atoms with Gasteiger partial charge in [-0.15, -0.1) is 0 Å². The molecule has 8 rings (SSSR count). The number of pyridine rings is 2. The molecular weight excluding hydrogens is 599 g/mol. The average molecular weight is 632 g/mol. The van der Waals surface area contributed by atoms with Gasteiger partial charge in [0.1, 0.15) is 35.4 Å². The Labute approximate surface area is 262 Å². The second-order valence-corrected chi connectivity index (χ2v) is 13.2. The number of nitrogens with two attached hydrogens (primary N) is 1. The van der Waals surface area contributed by atoms with E-state index in [1.54, 1.807) is 29.6 Å². The molecule has 0 unspecified atom stereocenters. The number of nitrogens with one attached hydrogen (secondary N) is 1. The monoisotopic (exact) mass is 631 g/mol. The molecule has 0 radical (unpaired) electrons. The lowest BCUT2D eigenvalue weighted by Crippen LogP contribution is -2.40. The van der Waals surface area contributed by atoms with E-state index >= 15 is 4.39 Å². The summed E-state index contributed by atoms with van der Waals surface area (Å²) >= 11 is 0. The Bertz CT molecular complexity index is 1930. The lowest BCUT2D eigenvalue weighted by molar-refractivity contribution is -0.123. The Balaban J connectivity index is 1.14. The van der Waals surface area contributed by atoms with E-state index in [9.17, 15) is 18.4 Å². The molecule has 12 heteroatoms. The first-order valence-electron chi connectivity index (χ1n) is 15.7. The van der Waals surface area contributed by atoms with Crippen LogP contribution < -0.4 is 20.5 Å². The van der Waals surface area contributed by atoms with Gasteiger partial charge in [0, 0.05) is 52.9 Å². The van der Waals surface area contributed by atoms with Crippen LogP contribution in [0, 0.1) is 23.4 Å². The molecule has 0 spiro atoms. The summed E-state index contributed by atoms with van der Waals surface area (Å²) in [6, 6.07) is 8.42. The van der Waals surface area contributed by atoms with E-state index in [0.29, 0.717) is 34.7 Å². The van der Waals surface area contributed by atoms with Crippen molar-refractivity contribution in [2.45, 2.75) is 68.8 Å². The molecule has 2 atom stereocenters. The Hall–Kier alpha value is -4.61. The van der Waals surface area contributed by atoms with E-state index in [1.807, 2.05) is 6.07 Å². The SMILES string of the molecule is C[C@]1(C(N)=O)COc2c1cc([C@@H](CNC(=O)c1cc(OC3CC3)n3nc(C4CC4)cc3c1)C1CC1)nc2-c1cc(F)c(F)cc1F. The summed E-state index contributed by atoms with van der Waals surface area (Å²) in [6.45, 7) is 1.70. The zero-order chi connectivity index (χ0) is 31.9. The molecular formula is C34H32F3N5O4. The van der Waals surface area contributed by atoms with Crippen molar-refractivity contribution in [3.05, 3.63) is 76.4 Å². The largest absolute Gasteiger partial charge is 0.489 e. The number of hydrogen-bond donors (Lipinski definition) is 2. The predicted molar refractivity (Wildman–Crippen MR) is 160 cm³/mol. The number of benzene rings is 1. The summed E-state index contributed by atoms with van der Waals surface area (Å²) in [5.74, 6) is -3.66. The smallest absolute Gasteiger partial charge is 0.251 e. The molecule has 4 heterocycles. The molecule has 46 heavy (non-hydrogen) atoms. The van der Waals surface area contributed by atoms with Crippen molar-refractivity contribution >= 4 is 17.3 Å². The van der Waals surface area contributed by atoms with Gasteiger partial charge >= 0.3 is 0 Å². The molecule has 3 aromatic heterocycles. The highest BCUT2D eigenvalue weighted by atomic mass is 19.2. The number of nitrogens with zero attached hydrogens (tertiary/aromatic N) is 3. The molecule has 9 nitrogen and oxygen atoms in total. The molecule has 4 aliphatic rings. The predicted octanol–water partition coefficient (Wildman–Crippen LogP) is 5.29. The fourth-order valence-corrected chi connectivity index (χ4v) is 6.24. The fraction of sp³-hybridized carbons (Fsp3) is 0.412.